The van der Waals surface area contributed by atoms with Crippen LogP contribution in [0, 0.1) is 6.92 Å². The second-order valence-electron chi connectivity index (χ2n) is 4.41. The molecule has 0 radical (unpaired) electrons. The highest BCUT2D eigenvalue weighted by molar-refractivity contribution is 5.92. The van der Waals surface area contributed by atoms with Crippen molar-refractivity contribution in [3.8, 4) is 5.75 Å². The third-order valence-electron chi connectivity index (χ3n) is 2.68. The molecule has 4 heteroatoms. The first-order chi connectivity index (χ1) is 8.56. The minimum absolute atomic E-state index is 0.00870. The molecule has 18 heavy (non-hydrogen) atoms. The average Bonchev–Trinajstić information content (AvgIpc) is 2.31. The smallest absolute Gasteiger partial charge is 0.226 e. The molecule has 0 heterocycles. The zero-order valence-electron chi connectivity index (χ0n) is 11.5. The quantitative estimate of drug-likeness (QED) is 0.814. The summed E-state index contributed by atoms with van der Waals surface area (Å²) >= 11 is 0. The molecule has 1 rings (SSSR count). The first-order valence-electron chi connectivity index (χ1n) is 6.24. The molecule has 0 saturated heterocycles. The molecule has 0 fully saturated rings. The molecule has 1 unspecified atom stereocenters. The zero-order valence-corrected chi connectivity index (χ0v) is 11.5. The van der Waals surface area contributed by atoms with Gasteiger partial charge in [0.25, 0.3) is 0 Å². The molecule has 0 spiro atoms. The van der Waals surface area contributed by atoms with Gasteiger partial charge in [0.05, 0.1) is 12.8 Å². The third-order valence-corrected chi connectivity index (χ3v) is 2.68. The van der Waals surface area contributed by atoms with Crippen LogP contribution in [0.15, 0.2) is 18.2 Å². The normalized spacial score (nSPS) is 12.0. The Morgan fingerprint density at radius 1 is 1.44 bits per heavy atom. The van der Waals surface area contributed by atoms with Gasteiger partial charge in [0.1, 0.15) is 5.75 Å². The molecule has 0 aliphatic carbocycles. The van der Waals surface area contributed by atoms with Crippen molar-refractivity contribution in [2.45, 2.75) is 33.2 Å². The van der Waals surface area contributed by atoms with E-state index in [4.69, 9.17) is 4.74 Å². The van der Waals surface area contributed by atoms with Crippen molar-refractivity contribution in [2.75, 3.05) is 19.0 Å². The van der Waals surface area contributed by atoms with E-state index in [0.717, 1.165) is 17.8 Å². The van der Waals surface area contributed by atoms with Gasteiger partial charge >= 0.3 is 0 Å². The fourth-order valence-corrected chi connectivity index (χ4v) is 1.80. The van der Waals surface area contributed by atoms with Crippen LogP contribution < -0.4 is 15.4 Å². The molecule has 100 valence electrons. The highest BCUT2D eigenvalue weighted by Gasteiger charge is 2.10. The zero-order chi connectivity index (χ0) is 13.5. The van der Waals surface area contributed by atoms with Gasteiger partial charge in [0, 0.05) is 12.5 Å². The largest absolute Gasteiger partial charge is 0.495 e. The molecular weight excluding hydrogens is 228 g/mol. The Labute approximate surface area is 109 Å². The molecule has 1 amide bonds. The number of nitrogens with one attached hydrogen (secondary N) is 2. The summed E-state index contributed by atoms with van der Waals surface area (Å²) in [6, 6.07) is 5.89. The number of rotatable bonds is 6. The van der Waals surface area contributed by atoms with Crippen LogP contribution in [0.1, 0.15) is 25.8 Å². The minimum atomic E-state index is -0.00870. The van der Waals surface area contributed by atoms with Gasteiger partial charge in [-0.1, -0.05) is 13.0 Å². The van der Waals surface area contributed by atoms with Crippen LogP contribution in [0.3, 0.4) is 0 Å². The molecule has 1 aromatic carbocycles. The molecule has 0 bridgehead atoms. The van der Waals surface area contributed by atoms with E-state index >= 15 is 0 Å². The van der Waals surface area contributed by atoms with E-state index in [1.165, 1.54) is 0 Å². The predicted molar refractivity (Wildman–Crippen MR) is 74.1 cm³/mol. The lowest BCUT2D eigenvalue weighted by atomic mass is 10.2. The van der Waals surface area contributed by atoms with Crippen LogP contribution >= 0.6 is 0 Å². The molecule has 4 nitrogen and oxygen atoms in total. The standard InChI is InChI=1S/C14H22N2O2/c1-5-15-11(3)9-14(17)16-12-7-6-10(2)8-13(12)18-4/h6-8,11,15H,5,9H2,1-4H3,(H,16,17). The SMILES string of the molecule is CCNC(C)CC(=O)Nc1ccc(C)cc1OC. The van der Waals surface area contributed by atoms with Gasteiger partial charge in [-0.05, 0) is 38.1 Å². The Balaban J connectivity index is 2.64. The summed E-state index contributed by atoms with van der Waals surface area (Å²) in [4.78, 5) is 11.8. The summed E-state index contributed by atoms with van der Waals surface area (Å²) in [6.07, 6.45) is 0.449. The summed E-state index contributed by atoms with van der Waals surface area (Å²) in [5.74, 6) is 0.685. The maximum Gasteiger partial charge on any atom is 0.226 e. The maximum absolute atomic E-state index is 11.8. The number of hydrogen-bond acceptors (Lipinski definition) is 3. The molecule has 0 saturated carbocycles. The number of benzene rings is 1. The molecule has 0 aliphatic heterocycles. The molecule has 0 aliphatic rings. The van der Waals surface area contributed by atoms with E-state index in [1.54, 1.807) is 7.11 Å². The molecule has 1 aromatic rings. The Morgan fingerprint density at radius 3 is 2.78 bits per heavy atom. The first kappa shape index (κ1) is 14.5. The van der Waals surface area contributed by atoms with E-state index in [0.29, 0.717) is 12.2 Å². The van der Waals surface area contributed by atoms with Crippen molar-refractivity contribution in [3.63, 3.8) is 0 Å². The van der Waals surface area contributed by atoms with Crippen LogP contribution in [0.25, 0.3) is 0 Å². The van der Waals surface area contributed by atoms with Gasteiger partial charge in [-0.2, -0.15) is 0 Å². The van der Waals surface area contributed by atoms with Gasteiger partial charge in [-0.3, -0.25) is 4.79 Å². The highest BCUT2D eigenvalue weighted by atomic mass is 16.5. The van der Waals surface area contributed by atoms with E-state index in [2.05, 4.69) is 10.6 Å². The topological polar surface area (TPSA) is 50.4 Å². The second-order valence-corrected chi connectivity index (χ2v) is 4.41. The van der Waals surface area contributed by atoms with Crippen molar-refractivity contribution in [1.29, 1.82) is 0 Å². The van der Waals surface area contributed by atoms with Gasteiger partial charge < -0.3 is 15.4 Å². The fraction of sp³-hybridized carbons (Fsp3) is 0.500. The van der Waals surface area contributed by atoms with E-state index in [9.17, 15) is 4.79 Å². The number of ether oxygens (including phenoxy) is 1. The summed E-state index contributed by atoms with van der Waals surface area (Å²) in [5.41, 5.74) is 1.82. The summed E-state index contributed by atoms with van der Waals surface area (Å²) in [5, 5.41) is 6.08. The van der Waals surface area contributed by atoms with E-state index < -0.39 is 0 Å². The van der Waals surface area contributed by atoms with Crippen LogP contribution in [0.5, 0.6) is 5.75 Å². The second kappa shape index (κ2) is 7.01. The number of amides is 1. The van der Waals surface area contributed by atoms with Gasteiger partial charge in [0.15, 0.2) is 0 Å². The fourth-order valence-electron chi connectivity index (χ4n) is 1.80. The van der Waals surface area contributed by atoms with Gasteiger partial charge in [-0.25, -0.2) is 0 Å². The highest BCUT2D eigenvalue weighted by Crippen LogP contribution is 2.25. The van der Waals surface area contributed by atoms with Crippen LogP contribution in [-0.2, 0) is 4.79 Å². The summed E-state index contributed by atoms with van der Waals surface area (Å²) in [6.45, 7) is 6.87. The van der Waals surface area contributed by atoms with Crippen molar-refractivity contribution >= 4 is 11.6 Å². The summed E-state index contributed by atoms with van der Waals surface area (Å²) < 4.78 is 5.25. The lowest BCUT2D eigenvalue weighted by molar-refractivity contribution is -0.116. The molecule has 1 atom stereocenters. The van der Waals surface area contributed by atoms with Gasteiger partial charge in [0.2, 0.25) is 5.91 Å². The van der Waals surface area contributed by atoms with Crippen LogP contribution in [-0.4, -0.2) is 25.6 Å². The Bertz CT molecular complexity index is 405. The van der Waals surface area contributed by atoms with Crippen LogP contribution in [0.2, 0.25) is 0 Å². The summed E-state index contributed by atoms with van der Waals surface area (Å²) in [7, 11) is 1.60. The van der Waals surface area contributed by atoms with Crippen LogP contribution in [0.4, 0.5) is 5.69 Å². The number of carbonyl (C=O) groups is 1. The monoisotopic (exact) mass is 250 g/mol. The predicted octanol–water partition coefficient (Wildman–Crippen LogP) is 2.33. The molecule has 2 N–H and O–H groups in total. The molecular formula is C14H22N2O2. The average molecular weight is 250 g/mol. The Hall–Kier alpha value is -1.55. The number of aryl methyl sites for hydroxylation is 1. The lowest BCUT2D eigenvalue weighted by Crippen LogP contribution is -2.30. The van der Waals surface area contributed by atoms with E-state index in [1.807, 2.05) is 39.0 Å². The van der Waals surface area contributed by atoms with Crippen molar-refractivity contribution in [1.82, 2.24) is 5.32 Å². The van der Waals surface area contributed by atoms with E-state index in [-0.39, 0.29) is 11.9 Å². The Morgan fingerprint density at radius 2 is 2.17 bits per heavy atom. The number of carbonyl (C=O) groups excluding carboxylic acids is 1. The molecule has 0 aromatic heterocycles. The van der Waals surface area contributed by atoms with Crippen molar-refractivity contribution < 1.29 is 9.53 Å². The first-order valence-corrected chi connectivity index (χ1v) is 6.24. The minimum Gasteiger partial charge on any atom is -0.495 e. The van der Waals surface area contributed by atoms with Crippen molar-refractivity contribution in [3.05, 3.63) is 23.8 Å². The number of methoxy groups -OCH3 is 1. The maximum atomic E-state index is 11.8. The lowest BCUT2D eigenvalue weighted by Gasteiger charge is -2.14. The van der Waals surface area contributed by atoms with Gasteiger partial charge in [-0.15, -0.1) is 0 Å². The third kappa shape index (κ3) is 4.37. The number of hydrogen-bond donors (Lipinski definition) is 2. The van der Waals surface area contributed by atoms with Crippen molar-refractivity contribution in [2.24, 2.45) is 0 Å². The Kier molecular flexibility index (Phi) is 5.65. The number of anilines is 1.